The molecule has 0 heterocycles. The number of benzene rings is 1. The molecular formula is C14H22N2O2S. The number of ether oxygens (including phenoxy) is 1. The van der Waals surface area contributed by atoms with E-state index in [1.54, 1.807) is 25.9 Å². The Morgan fingerprint density at radius 3 is 2.63 bits per heavy atom. The van der Waals surface area contributed by atoms with Crippen LogP contribution in [-0.2, 0) is 15.1 Å². The summed E-state index contributed by atoms with van der Waals surface area (Å²) < 4.78 is 5.01. The fourth-order valence-corrected chi connectivity index (χ4v) is 3.12. The van der Waals surface area contributed by atoms with Crippen molar-refractivity contribution in [1.82, 2.24) is 5.32 Å². The lowest BCUT2D eigenvalue weighted by Crippen LogP contribution is -2.53. The molecule has 0 spiro atoms. The highest BCUT2D eigenvalue weighted by molar-refractivity contribution is 7.99. The van der Waals surface area contributed by atoms with E-state index in [9.17, 15) is 4.79 Å². The smallest absolute Gasteiger partial charge is 0.243 e. The number of nitrogens with one attached hydrogen (secondary N) is 1. The van der Waals surface area contributed by atoms with E-state index >= 15 is 0 Å². The highest BCUT2D eigenvalue weighted by Crippen LogP contribution is 2.25. The van der Waals surface area contributed by atoms with E-state index in [1.807, 2.05) is 30.3 Å². The fourth-order valence-electron chi connectivity index (χ4n) is 1.89. The van der Waals surface area contributed by atoms with Crippen molar-refractivity contribution in [3.05, 3.63) is 35.9 Å². The zero-order valence-electron chi connectivity index (χ0n) is 11.5. The summed E-state index contributed by atoms with van der Waals surface area (Å²) in [5, 5.41) is 3.10. The molecule has 0 aliphatic carbocycles. The van der Waals surface area contributed by atoms with Crippen molar-refractivity contribution in [3.8, 4) is 0 Å². The lowest BCUT2D eigenvalue weighted by Gasteiger charge is -2.30. The average molecular weight is 282 g/mol. The lowest BCUT2D eigenvalue weighted by atomic mass is 9.91. The van der Waals surface area contributed by atoms with Crippen LogP contribution in [0.15, 0.2) is 30.3 Å². The molecule has 1 unspecified atom stereocenters. The van der Waals surface area contributed by atoms with Crippen molar-refractivity contribution in [1.29, 1.82) is 0 Å². The monoisotopic (exact) mass is 282 g/mol. The highest BCUT2D eigenvalue weighted by atomic mass is 32.2. The van der Waals surface area contributed by atoms with E-state index in [0.29, 0.717) is 5.75 Å². The summed E-state index contributed by atoms with van der Waals surface area (Å²) in [6, 6.07) is 9.62. The molecule has 0 saturated heterocycles. The number of carbonyl (C=O) groups excluding carboxylic acids is 1. The molecule has 1 amide bonds. The number of carbonyl (C=O) groups is 1. The van der Waals surface area contributed by atoms with E-state index in [-0.39, 0.29) is 5.91 Å². The summed E-state index contributed by atoms with van der Waals surface area (Å²) in [6.07, 6.45) is 0.967. The molecule has 0 radical (unpaired) electrons. The molecule has 19 heavy (non-hydrogen) atoms. The van der Waals surface area contributed by atoms with Gasteiger partial charge in [0.15, 0.2) is 0 Å². The van der Waals surface area contributed by atoms with E-state index in [4.69, 9.17) is 10.5 Å². The number of rotatable bonds is 9. The van der Waals surface area contributed by atoms with Crippen LogP contribution >= 0.6 is 11.8 Å². The van der Waals surface area contributed by atoms with E-state index in [0.717, 1.165) is 24.3 Å². The van der Waals surface area contributed by atoms with Gasteiger partial charge in [-0.3, -0.25) is 4.79 Å². The first-order valence-corrected chi connectivity index (χ1v) is 7.44. The molecule has 1 atom stereocenters. The summed E-state index contributed by atoms with van der Waals surface area (Å²) >= 11 is 1.70. The standard InChI is InChI=1S/C14H22N2O2S/c1-16-14(13(15)17,11-19-10-6-9-18-2)12-7-4-3-5-8-12/h3-5,7-8,16H,6,9-11H2,1-2H3,(H2,15,17). The van der Waals surface area contributed by atoms with Crippen molar-refractivity contribution in [2.24, 2.45) is 5.73 Å². The average Bonchev–Trinajstić information content (AvgIpc) is 2.44. The topological polar surface area (TPSA) is 64.3 Å². The maximum absolute atomic E-state index is 11.9. The van der Waals surface area contributed by atoms with E-state index < -0.39 is 5.54 Å². The Hall–Kier alpha value is -1.04. The van der Waals surface area contributed by atoms with Crippen molar-refractivity contribution < 1.29 is 9.53 Å². The van der Waals surface area contributed by atoms with Crippen molar-refractivity contribution >= 4 is 17.7 Å². The molecule has 1 rings (SSSR count). The van der Waals surface area contributed by atoms with Crippen LogP contribution in [0.3, 0.4) is 0 Å². The Labute approximate surface area is 119 Å². The van der Waals surface area contributed by atoms with Gasteiger partial charge in [0, 0.05) is 19.5 Å². The normalized spacial score (nSPS) is 14.0. The number of methoxy groups -OCH3 is 1. The predicted molar refractivity (Wildman–Crippen MR) is 80.2 cm³/mol. The van der Waals surface area contributed by atoms with Gasteiger partial charge >= 0.3 is 0 Å². The van der Waals surface area contributed by atoms with Crippen LogP contribution in [0.25, 0.3) is 0 Å². The van der Waals surface area contributed by atoms with Crippen LogP contribution in [0, 0.1) is 0 Å². The number of nitrogens with two attached hydrogens (primary N) is 1. The summed E-state index contributed by atoms with van der Waals surface area (Å²) in [6.45, 7) is 0.738. The maximum Gasteiger partial charge on any atom is 0.243 e. The SMILES string of the molecule is CNC(CSCCCOC)(C(N)=O)c1ccccc1. The molecule has 0 aliphatic rings. The summed E-state index contributed by atoms with van der Waals surface area (Å²) in [5.41, 5.74) is 5.72. The number of primary amides is 1. The molecule has 3 N–H and O–H groups in total. The van der Waals surface area contributed by atoms with Gasteiger partial charge < -0.3 is 15.8 Å². The fraction of sp³-hybridized carbons (Fsp3) is 0.500. The number of hydrogen-bond acceptors (Lipinski definition) is 4. The van der Waals surface area contributed by atoms with Gasteiger partial charge in [0.05, 0.1) is 0 Å². The number of thioether (sulfide) groups is 1. The number of amides is 1. The molecule has 1 aromatic carbocycles. The first kappa shape index (κ1) is 16.0. The van der Waals surface area contributed by atoms with Gasteiger partial charge in [-0.25, -0.2) is 0 Å². The van der Waals surface area contributed by atoms with E-state index in [1.165, 1.54) is 0 Å². The Morgan fingerprint density at radius 2 is 2.11 bits per heavy atom. The summed E-state index contributed by atoms with van der Waals surface area (Å²) in [4.78, 5) is 11.9. The molecular weight excluding hydrogens is 260 g/mol. The van der Waals surface area contributed by atoms with Gasteiger partial charge in [0.25, 0.3) is 0 Å². The molecule has 0 bridgehead atoms. The first-order valence-electron chi connectivity index (χ1n) is 6.28. The molecule has 0 aromatic heterocycles. The van der Waals surface area contributed by atoms with Crippen LogP contribution in [0.4, 0.5) is 0 Å². The minimum Gasteiger partial charge on any atom is -0.385 e. The molecule has 4 nitrogen and oxygen atoms in total. The zero-order valence-corrected chi connectivity index (χ0v) is 12.3. The largest absolute Gasteiger partial charge is 0.385 e. The highest BCUT2D eigenvalue weighted by Gasteiger charge is 2.36. The minimum absolute atomic E-state index is 0.347. The Kier molecular flexibility index (Phi) is 6.91. The molecule has 0 aliphatic heterocycles. The quantitative estimate of drug-likeness (QED) is 0.671. The van der Waals surface area contributed by atoms with E-state index in [2.05, 4.69) is 5.32 Å². The van der Waals surface area contributed by atoms with Gasteiger partial charge in [-0.2, -0.15) is 11.8 Å². The Balaban J connectivity index is 2.74. The predicted octanol–water partition coefficient (Wildman–Crippen LogP) is 1.36. The third-order valence-corrected chi connectivity index (χ3v) is 4.28. The Bertz CT molecular complexity index is 386. The second kappa shape index (κ2) is 8.19. The maximum atomic E-state index is 11.9. The van der Waals surface area contributed by atoms with Gasteiger partial charge in [-0.05, 0) is 24.8 Å². The minimum atomic E-state index is -0.807. The van der Waals surface area contributed by atoms with Gasteiger partial charge in [-0.15, -0.1) is 0 Å². The number of likely N-dealkylation sites (N-methyl/N-ethyl adjacent to an activating group) is 1. The second-order valence-corrected chi connectivity index (χ2v) is 5.39. The van der Waals surface area contributed by atoms with Crippen LogP contribution in [-0.4, -0.2) is 38.2 Å². The van der Waals surface area contributed by atoms with Crippen LogP contribution in [0.1, 0.15) is 12.0 Å². The molecule has 0 fully saturated rings. The van der Waals surface area contributed by atoms with Crippen molar-refractivity contribution in [2.75, 3.05) is 32.3 Å². The van der Waals surface area contributed by atoms with Crippen molar-refractivity contribution in [3.63, 3.8) is 0 Å². The van der Waals surface area contributed by atoms with Gasteiger partial charge in [0.1, 0.15) is 5.54 Å². The Morgan fingerprint density at radius 1 is 1.42 bits per heavy atom. The third-order valence-electron chi connectivity index (χ3n) is 3.07. The molecule has 1 aromatic rings. The van der Waals surface area contributed by atoms with Crippen LogP contribution in [0.5, 0.6) is 0 Å². The first-order chi connectivity index (χ1) is 9.17. The molecule has 106 valence electrons. The van der Waals surface area contributed by atoms with Gasteiger partial charge in [-0.1, -0.05) is 30.3 Å². The number of hydrogen-bond donors (Lipinski definition) is 2. The zero-order chi connectivity index (χ0) is 14.1. The van der Waals surface area contributed by atoms with Crippen molar-refractivity contribution in [2.45, 2.75) is 12.0 Å². The third kappa shape index (κ3) is 4.23. The molecule has 5 heteroatoms. The lowest BCUT2D eigenvalue weighted by molar-refractivity contribution is -0.123. The molecule has 0 saturated carbocycles. The van der Waals surface area contributed by atoms with Crippen LogP contribution < -0.4 is 11.1 Å². The van der Waals surface area contributed by atoms with Gasteiger partial charge in [0.2, 0.25) is 5.91 Å². The summed E-state index contributed by atoms with van der Waals surface area (Å²) in [7, 11) is 3.46. The summed E-state index contributed by atoms with van der Waals surface area (Å²) in [5.74, 6) is 1.21. The van der Waals surface area contributed by atoms with Crippen LogP contribution in [0.2, 0.25) is 0 Å². The second-order valence-electron chi connectivity index (χ2n) is 4.28.